The van der Waals surface area contributed by atoms with Crippen molar-refractivity contribution in [3.63, 3.8) is 0 Å². The number of fused-ring (bicyclic) bond motifs is 2. The second-order valence-corrected chi connectivity index (χ2v) is 7.08. The van der Waals surface area contributed by atoms with Gasteiger partial charge in [0, 0.05) is 16.3 Å². The van der Waals surface area contributed by atoms with E-state index in [1.54, 1.807) is 6.07 Å². The smallest absolute Gasteiger partial charge is 0.293 e. The number of hydrogen-bond donors (Lipinski definition) is 2. The third-order valence-corrected chi connectivity index (χ3v) is 5.13. The predicted octanol–water partition coefficient (Wildman–Crippen LogP) is 3.27. The number of carbonyl (C=O) groups excluding carboxylic acids is 1. The molecule has 0 unspecified atom stereocenters. The van der Waals surface area contributed by atoms with Crippen LogP contribution in [0.15, 0.2) is 28.7 Å². The molecule has 1 aliphatic carbocycles. The molecule has 23 heavy (non-hydrogen) atoms. The van der Waals surface area contributed by atoms with E-state index in [2.05, 4.69) is 10.3 Å². The number of aryl methyl sites for hydroxylation is 2. The number of amides is 1. The van der Waals surface area contributed by atoms with Crippen molar-refractivity contribution < 1.29 is 9.21 Å². The van der Waals surface area contributed by atoms with Crippen molar-refractivity contribution in [3.8, 4) is 0 Å². The number of nitrogens with one attached hydrogen (secondary N) is 1. The SMILES string of the molecule is Cc1ccc2oc(C(=O)Nc3nc4c(s3)C[C@@H](N)CC4)cc2c1. The van der Waals surface area contributed by atoms with E-state index in [1.165, 1.54) is 16.2 Å². The van der Waals surface area contributed by atoms with Crippen LogP contribution < -0.4 is 11.1 Å². The zero-order valence-corrected chi connectivity index (χ0v) is 13.6. The number of aromatic nitrogens is 1. The van der Waals surface area contributed by atoms with Gasteiger partial charge in [-0.15, -0.1) is 11.3 Å². The Morgan fingerprint density at radius 1 is 1.43 bits per heavy atom. The summed E-state index contributed by atoms with van der Waals surface area (Å²) < 4.78 is 5.62. The zero-order valence-electron chi connectivity index (χ0n) is 12.8. The summed E-state index contributed by atoms with van der Waals surface area (Å²) in [5.41, 5.74) is 8.89. The lowest BCUT2D eigenvalue weighted by Gasteiger charge is -2.15. The van der Waals surface area contributed by atoms with Gasteiger partial charge in [-0.3, -0.25) is 10.1 Å². The number of nitrogens with zero attached hydrogens (tertiary/aromatic N) is 1. The number of hydrogen-bond acceptors (Lipinski definition) is 5. The first-order chi connectivity index (χ1) is 11.1. The van der Waals surface area contributed by atoms with Crippen LogP contribution in [-0.2, 0) is 12.8 Å². The van der Waals surface area contributed by atoms with Crippen LogP contribution in [0.4, 0.5) is 5.13 Å². The lowest BCUT2D eigenvalue weighted by molar-refractivity contribution is 0.0998. The van der Waals surface area contributed by atoms with Crippen molar-refractivity contribution in [1.82, 2.24) is 4.98 Å². The monoisotopic (exact) mass is 327 g/mol. The van der Waals surface area contributed by atoms with Crippen LogP contribution in [0.5, 0.6) is 0 Å². The molecule has 118 valence electrons. The van der Waals surface area contributed by atoms with E-state index in [0.717, 1.165) is 35.9 Å². The van der Waals surface area contributed by atoms with Gasteiger partial charge >= 0.3 is 0 Å². The highest BCUT2D eigenvalue weighted by molar-refractivity contribution is 7.15. The first-order valence-electron chi connectivity index (χ1n) is 7.64. The summed E-state index contributed by atoms with van der Waals surface area (Å²) in [4.78, 5) is 18.1. The molecule has 3 aromatic rings. The minimum atomic E-state index is -0.269. The van der Waals surface area contributed by atoms with Gasteiger partial charge in [0.15, 0.2) is 10.9 Å². The highest BCUT2D eigenvalue weighted by Crippen LogP contribution is 2.30. The Morgan fingerprint density at radius 2 is 2.30 bits per heavy atom. The van der Waals surface area contributed by atoms with E-state index in [1.807, 2.05) is 25.1 Å². The lowest BCUT2D eigenvalue weighted by atomic mass is 9.99. The Kier molecular flexibility index (Phi) is 3.43. The topological polar surface area (TPSA) is 81.2 Å². The number of furan rings is 1. The van der Waals surface area contributed by atoms with Crippen LogP contribution in [0.1, 0.15) is 33.1 Å². The van der Waals surface area contributed by atoms with E-state index in [9.17, 15) is 4.79 Å². The van der Waals surface area contributed by atoms with Crippen LogP contribution in [0.25, 0.3) is 11.0 Å². The lowest BCUT2D eigenvalue weighted by Crippen LogP contribution is -2.27. The molecule has 1 atom stereocenters. The average molecular weight is 327 g/mol. The average Bonchev–Trinajstić information content (AvgIpc) is 3.09. The first kappa shape index (κ1) is 14.4. The molecule has 4 rings (SSSR count). The molecule has 2 heterocycles. The molecule has 1 aliphatic rings. The van der Waals surface area contributed by atoms with Gasteiger partial charge in [0.2, 0.25) is 0 Å². The Labute approximate surface area is 137 Å². The van der Waals surface area contributed by atoms with Crippen LogP contribution in [0.3, 0.4) is 0 Å². The minimum absolute atomic E-state index is 0.199. The zero-order chi connectivity index (χ0) is 16.0. The summed E-state index contributed by atoms with van der Waals surface area (Å²) in [7, 11) is 0. The van der Waals surface area contributed by atoms with Gasteiger partial charge in [0.25, 0.3) is 5.91 Å². The largest absolute Gasteiger partial charge is 0.451 e. The number of rotatable bonds is 2. The van der Waals surface area contributed by atoms with Crippen molar-refractivity contribution in [2.75, 3.05) is 5.32 Å². The van der Waals surface area contributed by atoms with Gasteiger partial charge in [0.1, 0.15) is 5.58 Å². The number of anilines is 1. The van der Waals surface area contributed by atoms with Gasteiger partial charge in [0.05, 0.1) is 5.69 Å². The first-order valence-corrected chi connectivity index (χ1v) is 8.46. The molecule has 0 aliphatic heterocycles. The van der Waals surface area contributed by atoms with E-state index < -0.39 is 0 Å². The number of nitrogens with two attached hydrogens (primary N) is 1. The molecule has 3 N–H and O–H groups in total. The summed E-state index contributed by atoms with van der Waals surface area (Å²) in [5, 5.41) is 4.39. The van der Waals surface area contributed by atoms with Crippen molar-refractivity contribution >= 4 is 33.3 Å². The highest BCUT2D eigenvalue weighted by atomic mass is 32.1. The molecule has 1 aromatic carbocycles. The Morgan fingerprint density at radius 3 is 3.17 bits per heavy atom. The summed E-state index contributed by atoms with van der Waals surface area (Å²) >= 11 is 1.51. The van der Waals surface area contributed by atoms with Crippen LogP contribution in [-0.4, -0.2) is 16.9 Å². The highest BCUT2D eigenvalue weighted by Gasteiger charge is 2.21. The van der Waals surface area contributed by atoms with E-state index in [-0.39, 0.29) is 11.9 Å². The molecule has 6 heteroatoms. The molecular weight excluding hydrogens is 310 g/mol. The van der Waals surface area contributed by atoms with Crippen molar-refractivity contribution in [3.05, 3.63) is 46.2 Å². The molecule has 0 bridgehead atoms. The molecule has 0 fully saturated rings. The van der Waals surface area contributed by atoms with Crippen molar-refractivity contribution in [1.29, 1.82) is 0 Å². The second kappa shape index (κ2) is 5.47. The van der Waals surface area contributed by atoms with Gasteiger partial charge < -0.3 is 10.2 Å². The van der Waals surface area contributed by atoms with Crippen LogP contribution in [0, 0.1) is 6.92 Å². The summed E-state index contributed by atoms with van der Waals surface area (Å²) in [5.74, 6) is 0.0321. The summed E-state index contributed by atoms with van der Waals surface area (Å²) in [6.45, 7) is 2.01. The molecular formula is C17H17N3O2S. The molecule has 0 saturated carbocycles. The summed E-state index contributed by atoms with van der Waals surface area (Å²) in [6.07, 6.45) is 2.67. The van der Waals surface area contributed by atoms with E-state index >= 15 is 0 Å². The summed E-state index contributed by atoms with van der Waals surface area (Å²) in [6, 6.07) is 7.81. The van der Waals surface area contributed by atoms with Gasteiger partial charge in [-0.2, -0.15) is 0 Å². The van der Waals surface area contributed by atoms with Crippen molar-refractivity contribution in [2.24, 2.45) is 5.73 Å². The Hall–Kier alpha value is -2.18. The maximum atomic E-state index is 12.4. The van der Waals surface area contributed by atoms with Gasteiger partial charge in [-0.25, -0.2) is 4.98 Å². The molecule has 0 spiro atoms. The second-order valence-electron chi connectivity index (χ2n) is 6.00. The Bertz CT molecular complexity index is 897. The van der Waals surface area contributed by atoms with Crippen LogP contribution >= 0.6 is 11.3 Å². The molecule has 5 nitrogen and oxygen atoms in total. The van der Waals surface area contributed by atoms with Crippen molar-refractivity contribution in [2.45, 2.75) is 32.2 Å². The number of benzene rings is 1. The molecule has 0 saturated heterocycles. The fourth-order valence-corrected chi connectivity index (χ4v) is 3.98. The molecule has 1 amide bonds. The van der Waals surface area contributed by atoms with Gasteiger partial charge in [-0.1, -0.05) is 11.6 Å². The third kappa shape index (κ3) is 2.75. The fraction of sp³-hybridized carbons (Fsp3) is 0.294. The number of thiazole rings is 1. The quantitative estimate of drug-likeness (QED) is 0.757. The maximum Gasteiger partial charge on any atom is 0.293 e. The third-order valence-electron chi connectivity index (χ3n) is 4.09. The Balaban J connectivity index is 1.57. The molecule has 0 radical (unpaired) electrons. The maximum absolute atomic E-state index is 12.4. The minimum Gasteiger partial charge on any atom is -0.451 e. The van der Waals surface area contributed by atoms with E-state index in [4.69, 9.17) is 10.2 Å². The van der Waals surface area contributed by atoms with Gasteiger partial charge in [-0.05, 0) is 44.4 Å². The normalized spacial score (nSPS) is 17.2. The predicted molar refractivity (Wildman–Crippen MR) is 91.0 cm³/mol. The fourth-order valence-electron chi connectivity index (χ4n) is 2.89. The standard InChI is InChI=1S/C17H17N3O2S/c1-9-2-5-13-10(6-9)7-14(22-13)16(21)20-17-19-12-4-3-11(18)8-15(12)23-17/h2,5-7,11H,3-4,8,18H2,1H3,(H,19,20,21)/t11-/m0/s1. The number of carbonyl (C=O) groups is 1. The van der Waals surface area contributed by atoms with E-state index in [0.29, 0.717) is 16.5 Å². The molecule has 2 aromatic heterocycles. The van der Waals surface area contributed by atoms with Crippen LogP contribution in [0.2, 0.25) is 0 Å².